The van der Waals surface area contributed by atoms with Crippen LogP contribution in [0.15, 0.2) is 43.0 Å². The summed E-state index contributed by atoms with van der Waals surface area (Å²) in [5, 5.41) is 3.34. The van der Waals surface area contributed by atoms with Crippen molar-refractivity contribution in [1.29, 1.82) is 0 Å². The molecule has 0 aromatic carbocycles. The second-order valence-electron chi connectivity index (χ2n) is 4.53. The summed E-state index contributed by atoms with van der Waals surface area (Å²) in [6.45, 7) is 3.54. The molecule has 0 atom stereocenters. The molecule has 1 N–H and O–H groups in total. The van der Waals surface area contributed by atoms with Gasteiger partial charge in [-0.25, -0.2) is 0 Å². The lowest BCUT2D eigenvalue weighted by Crippen LogP contribution is -2.18. The van der Waals surface area contributed by atoms with Crippen LogP contribution in [0.1, 0.15) is 11.1 Å². The van der Waals surface area contributed by atoms with Gasteiger partial charge in [0.15, 0.2) is 0 Å². The van der Waals surface area contributed by atoms with Gasteiger partial charge >= 0.3 is 0 Å². The fourth-order valence-electron chi connectivity index (χ4n) is 1.95. The predicted molar refractivity (Wildman–Crippen MR) is 76.0 cm³/mol. The lowest BCUT2D eigenvalue weighted by Gasteiger charge is -2.03. The van der Waals surface area contributed by atoms with Crippen molar-refractivity contribution in [2.45, 2.75) is 19.5 Å². The first-order valence-corrected chi connectivity index (χ1v) is 6.61. The molecule has 0 aliphatic heterocycles. The van der Waals surface area contributed by atoms with E-state index in [1.807, 2.05) is 12.4 Å². The monoisotopic (exact) mass is 259 g/mol. The van der Waals surface area contributed by atoms with Gasteiger partial charge in [-0.2, -0.15) is 0 Å². The van der Waals surface area contributed by atoms with Crippen molar-refractivity contribution in [3.05, 3.63) is 54.1 Å². The first-order valence-electron chi connectivity index (χ1n) is 6.61. The molecule has 0 spiro atoms. The summed E-state index contributed by atoms with van der Waals surface area (Å²) in [6, 6.07) is 6.29. The number of aromatic nitrogens is 2. The van der Waals surface area contributed by atoms with Gasteiger partial charge in [0, 0.05) is 51.5 Å². The summed E-state index contributed by atoms with van der Waals surface area (Å²) >= 11 is 0. The number of methoxy groups -OCH3 is 1. The molecule has 102 valence electrons. The molecular formula is C15H21N3O. The Morgan fingerprint density at radius 1 is 1.21 bits per heavy atom. The van der Waals surface area contributed by atoms with E-state index in [1.54, 1.807) is 7.11 Å². The van der Waals surface area contributed by atoms with Crippen molar-refractivity contribution in [3.63, 3.8) is 0 Å². The van der Waals surface area contributed by atoms with E-state index in [9.17, 15) is 0 Å². The number of pyridine rings is 1. The highest BCUT2D eigenvalue weighted by Crippen LogP contribution is 2.04. The van der Waals surface area contributed by atoms with E-state index in [0.717, 1.165) is 32.7 Å². The lowest BCUT2D eigenvalue weighted by atomic mass is 10.2. The molecule has 0 aliphatic carbocycles. The van der Waals surface area contributed by atoms with Crippen LogP contribution < -0.4 is 5.32 Å². The minimum atomic E-state index is 0.753. The molecule has 0 aliphatic rings. The molecule has 0 amide bonds. The Hall–Kier alpha value is -1.65. The number of hydrogen-bond acceptors (Lipinski definition) is 3. The van der Waals surface area contributed by atoms with Crippen LogP contribution in [0.2, 0.25) is 0 Å². The topological polar surface area (TPSA) is 39.1 Å². The van der Waals surface area contributed by atoms with Gasteiger partial charge in [-0.05, 0) is 35.7 Å². The van der Waals surface area contributed by atoms with E-state index in [1.165, 1.54) is 11.1 Å². The van der Waals surface area contributed by atoms with Crippen molar-refractivity contribution < 1.29 is 4.74 Å². The second-order valence-corrected chi connectivity index (χ2v) is 4.53. The van der Waals surface area contributed by atoms with Crippen molar-refractivity contribution in [1.82, 2.24) is 14.9 Å². The van der Waals surface area contributed by atoms with Crippen LogP contribution in [0, 0.1) is 0 Å². The fraction of sp³-hybridized carbons (Fsp3) is 0.400. The van der Waals surface area contributed by atoms with Gasteiger partial charge in [0.1, 0.15) is 0 Å². The Bertz CT molecular complexity index is 467. The smallest absolute Gasteiger partial charge is 0.0587 e. The van der Waals surface area contributed by atoms with Crippen molar-refractivity contribution in [2.75, 3.05) is 20.3 Å². The van der Waals surface area contributed by atoms with Crippen molar-refractivity contribution in [3.8, 4) is 0 Å². The molecular weight excluding hydrogens is 238 g/mol. The van der Waals surface area contributed by atoms with Crippen molar-refractivity contribution >= 4 is 0 Å². The maximum Gasteiger partial charge on any atom is 0.0587 e. The summed E-state index contributed by atoms with van der Waals surface area (Å²) in [6.07, 6.45) is 9.05. The minimum absolute atomic E-state index is 0.753. The molecule has 0 saturated carbocycles. The highest BCUT2D eigenvalue weighted by atomic mass is 16.5. The Kier molecular flexibility index (Phi) is 5.59. The van der Waals surface area contributed by atoms with Crippen LogP contribution in [0.3, 0.4) is 0 Å². The molecule has 2 heterocycles. The van der Waals surface area contributed by atoms with E-state index in [2.05, 4.69) is 45.5 Å². The molecule has 2 aromatic rings. The summed E-state index contributed by atoms with van der Waals surface area (Å²) in [5.41, 5.74) is 2.63. The molecule has 4 heteroatoms. The Morgan fingerprint density at radius 3 is 2.84 bits per heavy atom. The van der Waals surface area contributed by atoms with Crippen LogP contribution >= 0.6 is 0 Å². The zero-order chi connectivity index (χ0) is 13.3. The fourth-order valence-corrected chi connectivity index (χ4v) is 1.95. The van der Waals surface area contributed by atoms with Crippen molar-refractivity contribution in [2.24, 2.45) is 0 Å². The van der Waals surface area contributed by atoms with Crippen LogP contribution in [0.4, 0.5) is 0 Å². The van der Waals surface area contributed by atoms with Crippen LogP contribution in [0.5, 0.6) is 0 Å². The molecule has 0 fully saturated rings. The Labute approximate surface area is 114 Å². The van der Waals surface area contributed by atoms with Gasteiger partial charge in [0.2, 0.25) is 0 Å². The molecule has 0 bridgehead atoms. The highest BCUT2D eigenvalue weighted by molar-refractivity contribution is 5.12. The number of ether oxygens (including phenoxy) is 1. The maximum absolute atomic E-state index is 5.00. The van der Waals surface area contributed by atoms with E-state index in [0.29, 0.717) is 0 Å². The van der Waals surface area contributed by atoms with Crippen LogP contribution in [-0.2, 0) is 24.2 Å². The van der Waals surface area contributed by atoms with Gasteiger partial charge in [-0.1, -0.05) is 0 Å². The molecule has 0 unspecified atom stereocenters. The van der Waals surface area contributed by atoms with E-state index < -0.39 is 0 Å². The first kappa shape index (κ1) is 13.8. The third-order valence-corrected chi connectivity index (χ3v) is 3.03. The number of nitrogens with zero attached hydrogens (tertiary/aromatic N) is 2. The molecule has 19 heavy (non-hydrogen) atoms. The maximum atomic E-state index is 5.00. The number of nitrogens with one attached hydrogen (secondary N) is 1. The zero-order valence-corrected chi connectivity index (χ0v) is 11.4. The Morgan fingerprint density at radius 2 is 2.05 bits per heavy atom. The number of aryl methyl sites for hydroxylation is 2. The summed E-state index contributed by atoms with van der Waals surface area (Å²) in [7, 11) is 1.72. The normalized spacial score (nSPS) is 10.8. The molecule has 0 radical (unpaired) electrons. The van der Waals surface area contributed by atoms with Gasteiger partial charge in [0.25, 0.3) is 0 Å². The van der Waals surface area contributed by atoms with Crippen LogP contribution in [0.25, 0.3) is 0 Å². The van der Waals surface area contributed by atoms with E-state index in [4.69, 9.17) is 4.74 Å². The van der Waals surface area contributed by atoms with Gasteiger partial charge in [0.05, 0.1) is 6.61 Å². The van der Waals surface area contributed by atoms with Gasteiger partial charge in [-0.3, -0.25) is 4.98 Å². The lowest BCUT2D eigenvalue weighted by molar-refractivity contribution is 0.199. The van der Waals surface area contributed by atoms with Crippen LogP contribution in [-0.4, -0.2) is 29.8 Å². The Balaban J connectivity index is 1.74. The SMILES string of the molecule is COCCNCc1ccn(CCc2ccncc2)c1. The summed E-state index contributed by atoms with van der Waals surface area (Å²) in [5.74, 6) is 0. The third kappa shape index (κ3) is 4.85. The minimum Gasteiger partial charge on any atom is -0.383 e. The van der Waals surface area contributed by atoms with E-state index >= 15 is 0 Å². The summed E-state index contributed by atoms with van der Waals surface area (Å²) < 4.78 is 7.23. The largest absolute Gasteiger partial charge is 0.383 e. The summed E-state index contributed by atoms with van der Waals surface area (Å²) in [4.78, 5) is 4.03. The molecule has 0 saturated heterocycles. The highest BCUT2D eigenvalue weighted by Gasteiger charge is 1.98. The first-order chi connectivity index (χ1) is 9.38. The second kappa shape index (κ2) is 7.71. The zero-order valence-electron chi connectivity index (χ0n) is 11.4. The quantitative estimate of drug-likeness (QED) is 0.736. The molecule has 4 nitrogen and oxygen atoms in total. The molecule has 2 rings (SSSR count). The average molecular weight is 259 g/mol. The number of rotatable bonds is 8. The van der Waals surface area contributed by atoms with E-state index in [-0.39, 0.29) is 0 Å². The van der Waals surface area contributed by atoms with Gasteiger partial charge in [-0.15, -0.1) is 0 Å². The average Bonchev–Trinajstić information content (AvgIpc) is 2.91. The molecule has 2 aromatic heterocycles. The third-order valence-electron chi connectivity index (χ3n) is 3.03. The standard InChI is InChI=1S/C15H21N3O/c1-19-11-8-17-12-15-5-10-18(13-15)9-4-14-2-6-16-7-3-14/h2-3,5-7,10,13,17H,4,8-9,11-12H2,1H3. The number of hydrogen-bond donors (Lipinski definition) is 1. The predicted octanol–water partition coefficient (Wildman–Crippen LogP) is 1.86. The van der Waals surface area contributed by atoms with Gasteiger partial charge < -0.3 is 14.6 Å².